The van der Waals surface area contributed by atoms with E-state index in [1.165, 1.54) is 9.36 Å². The zero-order valence-corrected chi connectivity index (χ0v) is 25.2. The highest BCUT2D eigenvalue weighted by molar-refractivity contribution is 5.82. The highest BCUT2D eigenvalue weighted by Gasteiger charge is 2.32. The van der Waals surface area contributed by atoms with Crippen LogP contribution in [-0.2, 0) is 35.3 Å². The first-order valence-corrected chi connectivity index (χ1v) is 13.9. The molecule has 45 heavy (non-hydrogen) atoms. The summed E-state index contributed by atoms with van der Waals surface area (Å²) in [4.78, 5) is 72.7. The molecule has 1 aliphatic heterocycles. The van der Waals surface area contributed by atoms with E-state index >= 15 is 0 Å². The van der Waals surface area contributed by atoms with Crippen molar-refractivity contribution in [3.63, 3.8) is 0 Å². The van der Waals surface area contributed by atoms with Crippen LogP contribution in [0.5, 0.6) is 0 Å². The lowest BCUT2D eigenvalue weighted by atomic mass is 10.1. The predicted octanol–water partition coefficient (Wildman–Crippen LogP) is -0.224. The van der Waals surface area contributed by atoms with Crippen molar-refractivity contribution in [2.24, 2.45) is 11.5 Å². The fraction of sp³-hybridized carbons (Fsp3) is 0.481. The van der Waals surface area contributed by atoms with Crippen molar-refractivity contribution in [2.75, 3.05) is 26.2 Å². The highest BCUT2D eigenvalue weighted by atomic mass is 16.6. The van der Waals surface area contributed by atoms with Gasteiger partial charge in [0.15, 0.2) is 0 Å². The van der Waals surface area contributed by atoms with E-state index in [9.17, 15) is 19.2 Å². The zero-order valence-electron chi connectivity index (χ0n) is 25.2. The third-order valence-corrected chi connectivity index (χ3v) is 6.42. The van der Waals surface area contributed by atoms with Gasteiger partial charge in [0.05, 0.1) is 30.3 Å². The molecule has 18 heteroatoms. The Labute approximate surface area is 257 Å². The molecule has 0 aromatic carbocycles. The van der Waals surface area contributed by atoms with E-state index < -0.39 is 29.6 Å². The molecule has 0 spiro atoms. The van der Waals surface area contributed by atoms with Crippen LogP contribution in [0, 0.1) is 0 Å². The number of amides is 4. The highest BCUT2D eigenvalue weighted by Crippen LogP contribution is 2.23. The molecule has 1 fully saturated rings. The smallest absolute Gasteiger partial charge is 0.410 e. The second kappa shape index (κ2) is 15.3. The number of primary amides is 2. The lowest BCUT2D eigenvalue weighted by molar-refractivity contribution is -0.191. The van der Waals surface area contributed by atoms with Gasteiger partial charge in [-0.3, -0.25) is 19.1 Å². The van der Waals surface area contributed by atoms with Gasteiger partial charge in [0.1, 0.15) is 23.0 Å². The number of hydrogen-bond donors (Lipinski definition) is 2. The number of aromatic nitrogens is 7. The van der Waals surface area contributed by atoms with Crippen molar-refractivity contribution < 1.29 is 33.5 Å². The summed E-state index contributed by atoms with van der Waals surface area (Å²) in [6.07, 6.45) is 3.31. The van der Waals surface area contributed by atoms with Gasteiger partial charge in [-0.1, -0.05) is 16.5 Å². The number of pyridine rings is 1. The number of carbonyl (C=O) groups is 4. The van der Waals surface area contributed by atoms with Crippen LogP contribution in [0.4, 0.5) is 4.79 Å². The molecular formula is C27H35N11O7. The number of aryl methyl sites for hydroxylation is 1. The van der Waals surface area contributed by atoms with Crippen LogP contribution in [0.3, 0.4) is 0 Å². The summed E-state index contributed by atoms with van der Waals surface area (Å²) in [7, 11) is 0. The first-order chi connectivity index (χ1) is 21.3. The lowest BCUT2D eigenvalue weighted by Gasteiger charge is -2.36. The van der Waals surface area contributed by atoms with Crippen molar-refractivity contribution in [1.82, 2.24) is 44.8 Å². The third-order valence-electron chi connectivity index (χ3n) is 6.42. The van der Waals surface area contributed by atoms with Gasteiger partial charge in [-0.2, -0.15) is 9.59 Å². The number of nitrogens with zero attached hydrogens (tertiary/aromatic N) is 9. The maximum atomic E-state index is 13.6. The Balaban J connectivity index is 0.00000177. The Morgan fingerprint density at radius 2 is 1.42 bits per heavy atom. The molecule has 3 aromatic heterocycles. The quantitative estimate of drug-likeness (QED) is 0.297. The van der Waals surface area contributed by atoms with Gasteiger partial charge < -0.3 is 26.0 Å². The zero-order chi connectivity index (χ0) is 33.1. The van der Waals surface area contributed by atoms with Crippen LogP contribution in [0.2, 0.25) is 0 Å². The summed E-state index contributed by atoms with van der Waals surface area (Å²) in [5.74, 6) is -1.24. The van der Waals surface area contributed by atoms with Gasteiger partial charge in [0.2, 0.25) is 17.7 Å². The number of hydrogen-bond acceptors (Lipinski definition) is 12. The van der Waals surface area contributed by atoms with Crippen molar-refractivity contribution in [3.8, 4) is 22.8 Å². The summed E-state index contributed by atoms with van der Waals surface area (Å²) in [5, 5.41) is 16.5. The van der Waals surface area contributed by atoms with Gasteiger partial charge >= 0.3 is 12.2 Å². The topological polar surface area (TPSA) is 244 Å². The largest absolute Gasteiger partial charge is 0.444 e. The van der Waals surface area contributed by atoms with E-state index in [4.69, 9.17) is 25.8 Å². The minimum atomic E-state index is -0.833. The minimum absolute atomic E-state index is 0.0252. The van der Waals surface area contributed by atoms with Crippen LogP contribution < -0.4 is 11.5 Å². The Morgan fingerprint density at radius 1 is 0.867 bits per heavy atom. The third kappa shape index (κ3) is 10.0. The Morgan fingerprint density at radius 3 is 2.00 bits per heavy atom. The average molecular weight is 626 g/mol. The molecule has 0 unspecified atom stereocenters. The maximum Gasteiger partial charge on any atom is 0.410 e. The summed E-state index contributed by atoms with van der Waals surface area (Å²) < 4.78 is 8.35. The van der Waals surface area contributed by atoms with Crippen LogP contribution in [0.25, 0.3) is 22.8 Å². The fourth-order valence-corrected chi connectivity index (χ4v) is 4.31. The molecule has 4 rings (SSSR count). The van der Waals surface area contributed by atoms with Crippen molar-refractivity contribution >= 4 is 30.0 Å². The first kappa shape index (κ1) is 34.0. The minimum Gasteiger partial charge on any atom is -0.444 e. The van der Waals surface area contributed by atoms with Crippen LogP contribution >= 0.6 is 0 Å². The van der Waals surface area contributed by atoms with Gasteiger partial charge in [-0.05, 0) is 39.3 Å². The monoisotopic (exact) mass is 625 g/mol. The van der Waals surface area contributed by atoms with E-state index in [-0.39, 0.29) is 31.3 Å². The second-order valence-corrected chi connectivity index (χ2v) is 11.0. The fourth-order valence-electron chi connectivity index (χ4n) is 4.31. The number of ether oxygens (including phenoxy) is 1. The molecule has 0 aliphatic carbocycles. The molecular weight excluding hydrogens is 590 g/mol. The Hall–Kier alpha value is -5.51. The molecule has 0 bridgehead atoms. The van der Waals surface area contributed by atoms with E-state index in [1.54, 1.807) is 61.2 Å². The van der Waals surface area contributed by atoms with Crippen LogP contribution in [-0.4, -0.2) is 107 Å². The van der Waals surface area contributed by atoms with E-state index in [0.29, 0.717) is 55.5 Å². The van der Waals surface area contributed by atoms with Gasteiger partial charge in [0.25, 0.3) is 0 Å². The maximum absolute atomic E-state index is 13.6. The van der Waals surface area contributed by atoms with Gasteiger partial charge in [-0.15, -0.1) is 10.2 Å². The van der Waals surface area contributed by atoms with E-state index in [0.717, 1.165) is 0 Å². The molecule has 0 radical (unpaired) electrons. The normalized spacial score (nSPS) is 13.7. The number of nitrogens with two attached hydrogens (primary N) is 2. The van der Waals surface area contributed by atoms with Gasteiger partial charge in [0, 0.05) is 39.0 Å². The SMILES string of the molecule is CC(C)(C)OC(=O)N1CCN(C(=O)[C@H](CCC(N)=O)n2cc(-c3cccc(-c4cn(CCC(N)=O)nn4)n3)nn2)CC1.O=C=O. The van der Waals surface area contributed by atoms with E-state index in [1.807, 2.05) is 0 Å². The second-order valence-electron chi connectivity index (χ2n) is 11.0. The number of carbonyl (C=O) groups excluding carboxylic acids is 6. The molecule has 4 heterocycles. The molecule has 240 valence electrons. The average Bonchev–Trinajstić information content (AvgIpc) is 3.66. The summed E-state index contributed by atoms with van der Waals surface area (Å²) in [5.41, 5.74) is 11.9. The van der Waals surface area contributed by atoms with E-state index in [2.05, 4.69) is 25.6 Å². The molecule has 4 amide bonds. The van der Waals surface area contributed by atoms with Crippen molar-refractivity contribution in [2.45, 2.75) is 58.2 Å². The van der Waals surface area contributed by atoms with Crippen LogP contribution in [0.15, 0.2) is 30.6 Å². The molecule has 1 aliphatic rings. The first-order valence-electron chi connectivity index (χ1n) is 13.9. The Kier molecular flexibility index (Phi) is 11.5. The summed E-state index contributed by atoms with van der Waals surface area (Å²) in [6.45, 7) is 6.92. The molecule has 18 nitrogen and oxygen atoms in total. The van der Waals surface area contributed by atoms with Crippen molar-refractivity contribution in [1.29, 1.82) is 0 Å². The number of piperazine rings is 1. The Bertz CT molecular complexity index is 1530. The molecule has 0 saturated carbocycles. The predicted molar refractivity (Wildman–Crippen MR) is 153 cm³/mol. The summed E-state index contributed by atoms with van der Waals surface area (Å²) in [6, 6.07) is 4.44. The van der Waals surface area contributed by atoms with Crippen LogP contribution in [0.1, 0.15) is 46.1 Å². The molecule has 1 atom stereocenters. The van der Waals surface area contributed by atoms with Gasteiger partial charge in [-0.25, -0.2) is 14.5 Å². The van der Waals surface area contributed by atoms with Crippen molar-refractivity contribution in [3.05, 3.63) is 30.6 Å². The molecule has 1 saturated heterocycles. The number of rotatable bonds is 10. The molecule has 4 N–H and O–H groups in total. The summed E-state index contributed by atoms with van der Waals surface area (Å²) >= 11 is 0. The molecule has 3 aromatic rings. The standard InChI is InChI=1S/C26H35N11O5.CO2/c1-26(2,3)42-25(41)35-13-11-34(12-14-35)24(40)21(7-8-22(27)38)37-16-20(31-33-37)18-6-4-5-17(29-18)19-15-36(32-30-19)10-9-23(28)39;2-1-3/h4-6,15-16,21H,7-14H2,1-3H3,(H2,27,38)(H2,28,39);/t21-;/m0./s1. The lowest BCUT2D eigenvalue weighted by Crippen LogP contribution is -2.53.